The van der Waals surface area contributed by atoms with Gasteiger partial charge in [0.15, 0.2) is 0 Å². The second-order valence-corrected chi connectivity index (χ2v) is 6.05. The summed E-state index contributed by atoms with van der Waals surface area (Å²) in [5, 5.41) is 8.53. The van der Waals surface area contributed by atoms with Crippen LogP contribution in [-0.2, 0) is 4.79 Å². The molecule has 0 aromatic heterocycles. The van der Waals surface area contributed by atoms with Gasteiger partial charge in [0.25, 0.3) is 0 Å². The highest BCUT2D eigenvalue weighted by Crippen LogP contribution is 2.02. The van der Waals surface area contributed by atoms with Crippen LogP contribution in [0.5, 0.6) is 0 Å². The van der Waals surface area contributed by atoms with Gasteiger partial charge in [-0.15, -0.1) is 0 Å². The third kappa shape index (κ3) is 21.9. The standard InChI is InChI=1S/C24H36O2/c1-2-3-4-5-6-7-8-9-10-11-12-13-14-15-16-17-18-19-20-21-22-23-24(25)26/h3-4,6-7,9-10,12-13,15-16,18-19H,2,5,8,11,14,17,20-23H2,1H3,(H,25,26)/b4-3+,7-6+,10-9+,13-12+,16-15+,19-18+. The van der Waals surface area contributed by atoms with E-state index in [1.54, 1.807) is 0 Å². The number of rotatable bonds is 16. The van der Waals surface area contributed by atoms with Crippen molar-refractivity contribution in [2.45, 2.75) is 71.1 Å². The van der Waals surface area contributed by atoms with Gasteiger partial charge in [-0.25, -0.2) is 0 Å². The summed E-state index contributed by atoms with van der Waals surface area (Å²) in [5.74, 6) is -0.701. The van der Waals surface area contributed by atoms with Crippen molar-refractivity contribution in [2.75, 3.05) is 0 Å². The molecule has 2 heteroatoms. The summed E-state index contributed by atoms with van der Waals surface area (Å²) in [6.45, 7) is 2.15. The monoisotopic (exact) mass is 356 g/mol. The summed E-state index contributed by atoms with van der Waals surface area (Å²) in [7, 11) is 0. The summed E-state index contributed by atoms with van der Waals surface area (Å²) in [5.41, 5.74) is 0. The van der Waals surface area contributed by atoms with Gasteiger partial charge in [0, 0.05) is 6.42 Å². The maximum Gasteiger partial charge on any atom is 0.303 e. The molecule has 0 radical (unpaired) electrons. The minimum Gasteiger partial charge on any atom is -0.481 e. The van der Waals surface area contributed by atoms with Crippen molar-refractivity contribution in [1.29, 1.82) is 0 Å². The van der Waals surface area contributed by atoms with Crippen LogP contribution in [0.15, 0.2) is 72.9 Å². The zero-order chi connectivity index (χ0) is 19.1. The lowest BCUT2D eigenvalue weighted by Crippen LogP contribution is -1.92. The number of carbonyl (C=O) groups is 1. The largest absolute Gasteiger partial charge is 0.481 e. The third-order valence-corrected chi connectivity index (χ3v) is 3.61. The Morgan fingerprint density at radius 3 is 1.38 bits per heavy atom. The lowest BCUT2D eigenvalue weighted by Gasteiger charge is -1.92. The fraction of sp³-hybridized carbons (Fsp3) is 0.458. The Balaban J connectivity index is 3.48. The molecule has 0 spiro atoms. The molecule has 0 aliphatic carbocycles. The zero-order valence-corrected chi connectivity index (χ0v) is 16.4. The molecule has 1 N–H and O–H groups in total. The number of hydrogen-bond acceptors (Lipinski definition) is 1. The van der Waals surface area contributed by atoms with Crippen LogP contribution in [0.3, 0.4) is 0 Å². The lowest BCUT2D eigenvalue weighted by molar-refractivity contribution is -0.137. The van der Waals surface area contributed by atoms with Crippen LogP contribution in [0.25, 0.3) is 0 Å². The molecule has 0 aromatic carbocycles. The summed E-state index contributed by atoms with van der Waals surface area (Å²) < 4.78 is 0. The Bertz CT molecular complexity index is 490. The van der Waals surface area contributed by atoms with Gasteiger partial charge in [-0.2, -0.15) is 0 Å². The van der Waals surface area contributed by atoms with Gasteiger partial charge in [-0.1, -0.05) is 79.8 Å². The van der Waals surface area contributed by atoms with Crippen molar-refractivity contribution in [3.63, 3.8) is 0 Å². The minimum atomic E-state index is -0.701. The molecule has 0 heterocycles. The van der Waals surface area contributed by atoms with Crippen LogP contribution in [0.1, 0.15) is 71.1 Å². The summed E-state index contributed by atoms with van der Waals surface area (Å²) in [6.07, 6.45) is 35.3. The number of aliphatic carboxylic acids is 1. The van der Waals surface area contributed by atoms with E-state index in [1.165, 1.54) is 0 Å². The molecule has 144 valence electrons. The first kappa shape index (κ1) is 23.9. The molecule has 26 heavy (non-hydrogen) atoms. The van der Waals surface area contributed by atoms with E-state index in [-0.39, 0.29) is 6.42 Å². The molecule has 0 aliphatic heterocycles. The van der Waals surface area contributed by atoms with Crippen LogP contribution in [0, 0.1) is 0 Å². The first-order valence-electron chi connectivity index (χ1n) is 9.89. The highest BCUT2D eigenvalue weighted by molar-refractivity contribution is 5.66. The van der Waals surface area contributed by atoms with Gasteiger partial charge in [0.2, 0.25) is 0 Å². The van der Waals surface area contributed by atoms with E-state index in [1.807, 2.05) is 0 Å². The Kier molecular flexibility index (Phi) is 19.3. The average molecular weight is 357 g/mol. The summed E-state index contributed by atoms with van der Waals surface area (Å²) in [6, 6.07) is 0. The molecule has 0 aliphatic rings. The number of unbranched alkanes of at least 4 members (excludes halogenated alkanes) is 2. The Morgan fingerprint density at radius 1 is 0.615 bits per heavy atom. The molecule has 0 fully saturated rings. The van der Waals surface area contributed by atoms with E-state index in [2.05, 4.69) is 79.8 Å². The Labute approximate surface area is 160 Å². The van der Waals surface area contributed by atoms with Crippen molar-refractivity contribution in [3.05, 3.63) is 72.9 Å². The summed E-state index contributed by atoms with van der Waals surface area (Å²) in [4.78, 5) is 10.4. The van der Waals surface area contributed by atoms with Crippen molar-refractivity contribution in [1.82, 2.24) is 0 Å². The van der Waals surface area contributed by atoms with E-state index in [0.717, 1.165) is 57.8 Å². The highest BCUT2D eigenvalue weighted by atomic mass is 16.4. The fourth-order valence-corrected chi connectivity index (χ4v) is 2.18. The number of carboxylic acids is 1. The van der Waals surface area contributed by atoms with E-state index in [4.69, 9.17) is 5.11 Å². The molecule has 0 atom stereocenters. The van der Waals surface area contributed by atoms with E-state index < -0.39 is 5.97 Å². The molecule has 0 aromatic rings. The Morgan fingerprint density at radius 2 is 1.00 bits per heavy atom. The van der Waals surface area contributed by atoms with E-state index >= 15 is 0 Å². The molecular weight excluding hydrogens is 320 g/mol. The molecule has 0 amide bonds. The van der Waals surface area contributed by atoms with Crippen molar-refractivity contribution in [2.24, 2.45) is 0 Å². The molecule has 0 unspecified atom stereocenters. The number of carboxylic acid groups (broad SMARTS) is 1. The maximum atomic E-state index is 10.4. The maximum absolute atomic E-state index is 10.4. The summed E-state index contributed by atoms with van der Waals surface area (Å²) >= 11 is 0. The van der Waals surface area contributed by atoms with Crippen LogP contribution < -0.4 is 0 Å². The first-order valence-corrected chi connectivity index (χ1v) is 9.89. The third-order valence-electron chi connectivity index (χ3n) is 3.61. The Hall–Kier alpha value is -2.09. The highest BCUT2D eigenvalue weighted by Gasteiger charge is 1.93. The number of allylic oxidation sites excluding steroid dienone is 12. The lowest BCUT2D eigenvalue weighted by atomic mass is 10.2. The second kappa shape index (κ2) is 21.0. The molecule has 2 nitrogen and oxygen atoms in total. The van der Waals surface area contributed by atoms with Crippen molar-refractivity contribution in [3.8, 4) is 0 Å². The van der Waals surface area contributed by atoms with Crippen LogP contribution in [0.4, 0.5) is 0 Å². The van der Waals surface area contributed by atoms with Gasteiger partial charge >= 0.3 is 5.97 Å². The van der Waals surface area contributed by atoms with Crippen LogP contribution >= 0.6 is 0 Å². The van der Waals surface area contributed by atoms with Crippen LogP contribution in [-0.4, -0.2) is 11.1 Å². The molecular formula is C24H36O2. The first-order chi connectivity index (χ1) is 12.8. The van der Waals surface area contributed by atoms with E-state index in [9.17, 15) is 4.79 Å². The minimum absolute atomic E-state index is 0.280. The molecule has 0 rings (SSSR count). The average Bonchev–Trinajstić information content (AvgIpc) is 2.62. The van der Waals surface area contributed by atoms with Crippen molar-refractivity contribution < 1.29 is 9.90 Å². The van der Waals surface area contributed by atoms with Gasteiger partial charge in [0.1, 0.15) is 0 Å². The predicted molar refractivity (Wildman–Crippen MR) is 114 cm³/mol. The molecule has 0 bridgehead atoms. The smallest absolute Gasteiger partial charge is 0.303 e. The van der Waals surface area contributed by atoms with Gasteiger partial charge in [-0.3, -0.25) is 4.79 Å². The zero-order valence-electron chi connectivity index (χ0n) is 16.4. The van der Waals surface area contributed by atoms with E-state index in [0.29, 0.717) is 0 Å². The van der Waals surface area contributed by atoms with Crippen molar-refractivity contribution >= 4 is 5.97 Å². The van der Waals surface area contributed by atoms with Gasteiger partial charge in [0.05, 0.1) is 0 Å². The normalized spacial score (nSPS) is 13.0. The topological polar surface area (TPSA) is 37.3 Å². The molecule has 0 saturated heterocycles. The predicted octanol–water partition coefficient (Wildman–Crippen LogP) is 7.33. The quantitative estimate of drug-likeness (QED) is 0.232. The van der Waals surface area contributed by atoms with Gasteiger partial charge < -0.3 is 5.11 Å². The van der Waals surface area contributed by atoms with Gasteiger partial charge in [-0.05, 0) is 57.8 Å². The second-order valence-electron chi connectivity index (χ2n) is 6.05. The molecule has 0 saturated carbocycles. The SMILES string of the molecule is CC/C=C/C/C=C/C/C=C/C/C=C/C/C=C/C/C=C/CCCCC(=O)O. The van der Waals surface area contributed by atoms with Crippen LogP contribution in [0.2, 0.25) is 0 Å². The number of hydrogen-bond donors (Lipinski definition) is 1. The fourth-order valence-electron chi connectivity index (χ4n) is 2.18.